The number of nitriles is 1. The molecule has 0 aliphatic rings. The lowest BCUT2D eigenvalue weighted by Crippen LogP contribution is -1.95. The summed E-state index contributed by atoms with van der Waals surface area (Å²) in [5.41, 5.74) is 3.86. The average Bonchev–Trinajstić information content (AvgIpc) is 3.16. The monoisotopic (exact) mass is 370 g/mol. The van der Waals surface area contributed by atoms with Crippen LogP contribution in [0.25, 0.3) is 16.9 Å². The van der Waals surface area contributed by atoms with Crippen molar-refractivity contribution in [2.75, 3.05) is 0 Å². The summed E-state index contributed by atoms with van der Waals surface area (Å²) in [5.74, 6) is 0.715. The lowest BCUT2D eigenvalue weighted by Gasteiger charge is -2.07. The van der Waals surface area contributed by atoms with E-state index < -0.39 is 4.92 Å². The van der Waals surface area contributed by atoms with Gasteiger partial charge in [0, 0.05) is 17.8 Å². The Bertz CT molecular complexity index is 1190. The molecule has 2 aromatic carbocycles. The molecule has 0 saturated heterocycles. The van der Waals surface area contributed by atoms with Crippen molar-refractivity contribution < 1.29 is 9.66 Å². The van der Waals surface area contributed by atoms with Gasteiger partial charge in [-0.25, -0.2) is 4.98 Å². The van der Waals surface area contributed by atoms with Crippen LogP contribution in [0.2, 0.25) is 0 Å². The van der Waals surface area contributed by atoms with E-state index in [1.54, 1.807) is 28.8 Å². The van der Waals surface area contributed by atoms with Crippen LogP contribution in [0.3, 0.4) is 0 Å². The highest BCUT2D eigenvalue weighted by atomic mass is 16.6. The molecule has 136 valence electrons. The molecule has 4 rings (SSSR count). The molecule has 0 saturated carbocycles. The molecule has 0 unspecified atom stereocenters. The largest absolute Gasteiger partial charge is 0.489 e. The third-order valence-electron chi connectivity index (χ3n) is 4.28. The van der Waals surface area contributed by atoms with Crippen LogP contribution in [0, 0.1) is 21.4 Å². The van der Waals surface area contributed by atoms with Crippen LogP contribution in [-0.2, 0) is 6.61 Å². The summed E-state index contributed by atoms with van der Waals surface area (Å²) in [7, 11) is 0. The van der Waals surface area contributed by atoms with Gasteiger partial charge in [-0.2, -0.15) is 5.26 Å². The fraction of sp³-hybridized carbons (Fsp3) is 0.0476. The molecule has 2 aromatic heterocycles. The zero-order valence-electron chi connectivity index (χ0n) is 14.6. The summed E-state index contributed by atoms with van der Waals surface area (Å²) >= 11 is 0. The van der Waals surface area contributed by atoms with Gasteiger partial charge in [-0.15, -0.1) is 0 Å². The van der Waals surface area contributed by atoms with Crippen molar-refractivity contribution in [2.45, 2.75) is 6.61 Å². The van der Waals surface area contributed by atoms with Crippen molar-refractivity contribution in [3.63, 3.8) is 0 Å². The molecule has 0 radical (unpaired) electrons. The first-order valence-electron chi connectivity index (χ1n) is 8.48. The molecule has 2 heterocycles. The Morgan fingerprint density at radius 3 is 2.46 bits per heavy atom. The minimum absolute atomic E-state index is 0.0167. The number of hydrogen-bond acceptors (Lipinski definition) is 5. The number of nitrogens with zero attached hydrogens (tertiary/aromatic N) is 4. The molecule has 0 atom stereocenters. The van der Waals surface area contributed by atoms with Gasteiger partial charge in [-0.3, -0.25) is 14.5 Å². The second-order valence-corrected chi connectivity index (χ2v) is 6.16. The van der Waals surface area contributed by atoms with Crippen LogP contribution in [0.1, 0.15) is 11.1 Å². The summed E-state index contributed by atoms with van der Waals surface area (Å²) < 4.78 is 7.42. The topological polar surface area (TPSA) is 93.5 Å². The molecule has 0 aliphatic heterocycles. The predicted octanol–water partition coefficient (Wildman–Crippen LogP) is 4.36. The second kappa shape index (κ2) is 7.21. The zero-order valence-corrected chi connectivity index (χ0v) is 14.6. The molecular weight excluding hydrogens is 356 g/mol. The van der Waals surface area contributed by atoms with Crippen LogP contribution < -0.4 is 4.74 Å². The Labute approximate surface area is 160 Å². The molecule has 0 N–H and O–H groups in total. The van der Waals surface area contributed by atoms with Gasteiger partial charge in [0.2, 0.25) is 0 Å². The number of aromatic nitrogens is 2. The van der Waals surface area contributed by atoms with Crippen molar-refractivity contribution in [3.8, 4) is 23.1 Å². The summed E-state index contributed by atoms with van der Waals surface area (Å²) in [6.45, 7) is 0.406. The maximum atomic E-state index is 10.9. The molecule has 4 aromatic rings. The number of hydrogen-bond donors (Lipinski definition) is 0. The van der Waals surface area contributed by atoms with E-state index in [1.807, 2.05) is 36.4 Å². The van der Waals surface area contributed by atoms with Crippen molar-refractivity contribution in [2.24, 2.45) is 0 Å². The predicted molar refractivity (Wildman–Crippen MR) is 103 cm³/mol. The number of pyridine rings is 1. The fourth-order valence-electron chi connectivity index (χ4n) is 2.79. The third-order valence-corrected chi connectivity index (χ3v) is 4.28. The SMILES string of the molecule is N#Cc1ccc(COc2ccc(-c3cn4cc([N+](=O)[O-])ccc4n3)cc2)cc1. The Balaban J connectivity index is 1.48. The van der Waals surface area contributed by atoms with E-state index in [1.165, 1.54) is 12.3 Å². The number of rotatable bonds is 5. The van der Waals surface area contributed by atoms with Gasteiger partial charge >= 0.3 is 0 Å². The molecule has 0 spiro atoms. The van der Waals surface area contributed by atoms with Crippen LogP contribution in [-0.4, -0.2) is 14.3 Å². The number of fused-ring (bicyclic) bond motifs is 1. The van der Waals surface area contributed by atoms with Crippen molar-refractivity contribution in [3.05, 3.63) is 94.3 Å². The highest BCUT2D eigenvalue weighted by Crippen LogP contribution is 2.24. The highest BCUT2D eigenvalue weighted by Gasteiger charge is 2.10. The summed E-state index contributed by atoms with van der Waals surface area (Å²) in [4.78, 5) is 15.0. The van der Waals surface area contributed by atoms with E-state index in [2.05, 4.69) is 11.1 Å². The second-order valence-electron chi connectivity index (χ2n) is 6.16. The number of nitro groups is 1. The zero-order chi connectivity index (χ0) is 19.5. The average molecular weight is 370 g/mol. The molecule has 28 heavy (non-hydrogen) atoms. The van der Waals surface area contributed by atoms with E-state index in [4.69, 9.17) is 10.00 Å². The molecule has 0 aliphatic carbocycles. The summed E-state index contributed by atoms with van der Waals surface area (Å²) in [6.07, 6.45) is 3.20. The first-order valence-corrected chi connectivity index (χ1v) is 8.48. The fourth-order valence-corrected chi connectivity index (χ4v) is 2.79. The van der Waals surface area contributed by atoms with E-state index in [0.29, 0.717) is 23.6 Å². The Hall–Kier alpha value is -4.18. The van der Waals surface area contributed by atoms with Gasteiger partial charge in [0.25, 0.3) is 5.69 Å². The van der Waals surface area contributed by atoms with E-state index in [9.17, 15) is 10.1 Å². The van der Waals surface area contributed by atoms with Gasteiger partial charge in [0.1, 0.15) is 18.0 Å². The van der Waals surface area contributed by atoms with Gasteiger partial charge in [-0.05, 0) is 48.0 Å². The molecular formula is C21H14N4O3. The Morgan fingerprint density at radius 2 is 1.79 bits per heavy atom. The van der Waals surface area contributed by atoms with Crippen LogP contribution >= 0.6 is 0 Å². The minimum Gasteiger partial charge on any atom is -0.489 e. The van der Waals surface area contributed by atoms with Gasteiger partial charge < -0.3 is 4.74 Å². The Kier molecular flexibility index (Phi) is 4.44. The molecule has 0 fully saturated rings. The smallest absolute Gasteiger partial charge is 0.286 e. The first kappa shape index (κ1) is 17.2. The molecule has 0 bridgehead atoms. The molecule has 0 amide bonds. The maximum Gasteiger partial charge on any atom is 0.286 e. The first-order chi connectivity index (χ1) is 13.6. The third kappa shape index (κ3) is 3.52. The molecule has 7 nitrogen and oxygen atoms in total. The van der Waals surface area contributed by atoms with Crippen LogP contribution in [0.5, 0.6) is 5.75 Å². The lowest BCUT2D eigenvalue weighted by molar-refractivity contribution is -0.385. The summed E-state index contributed by atoms with van der Waals surface area (Å²) in [6, 6.07) is 19.9. The van der Waals surface area contributed by atoms with E-state index in [-0.39, 0.29) is 5.69 Å². The quantitative estimate of drug-likeness (QED) is 0.384. The standard InChI is InChI=1S/C21H14N4O3/c22-11-15-1-3-16(4-2-15)14-28-19-8-5-17(6-9-19)20-13-24-12-18(25(26)27)7-10-21(24)23-20/h1-10,12-13H,14H2. The lowest BCUT2D eigenvalue weighted by atomic mass is 10.1. The van der Waals surface area contributed by atoms with Gasteiger partial charge in [0.15, 0.2) is 0 Å². The molecule has 7 heteroatoms. The highest BCUT2D eigenvalue weighted by molar-refractivity contribution is 5.63. The van der Waals surface area contributed by atoms with Gasteiger partial charge in [-0.1, -0.05) is 12.1 Å². The van der Waals surface area contributed by atoms with Crippen molar-refractivity contribution >= 4 is 11.3 Å². The number of benzene rings is 2. The summed E-state index contributed by atoms with van der Waals surface area (Å²) in [5, 5.41) is 19.7. The van der Waals surface area contributed by atoms with Crippen LogP contribution in [0.4, 0.5) is 5.69 Å². The van der Waals surface area contributed by atoms with E-state index >= 15 is 0 Å². The van der Waals surface area contributed by atoms with E-state index in [0.717, 1.165) is 16.8 Å². The van der Waals surface area contributed by atoms with Crippen molar-refractivity contribution in [1.29, 1.82) is 5.26 Å². The number of imidazole rings is 1. The normalized spacial score (nSPS) is 10.5. The van der Waals surface area contributed by atoms with Gasteiger partial charge in [0.05, 0.1) is 28.4 Å². The number of ether oxygens (including phenoxy) is 1. The maximum absolute atomic E-state index is 10.9. The van der Waals surface area contributed by atoms with Crippen molar-refractivity contribution in [1.82, 2.24) is 9.38 Å². The minimum atomic E-state index is -0.431. The Morgan fingerprint density at radius 1 is 1.04 bits per heavy atom. The van der Waals surface area contributed by atoms with Crippen LogP contribution in [0.15, 0.2) is 73.1 Å².